The van der Waals surface area contributed by atoms with Crippen LogP contribution in [-0.2, 0) is 0 Å². The van der Waals surface area contributed by atoms with Gasteiger partial charge in [0.1, 0.15) is 0 Å². The van der Waals surface area contributed by atoms with Gasteiger partial charge in [-0.1, -0.05) is 19.8 Å². The fourth-order valence-corrected chi connectivity index (χ4v) is 3.73. The number of likely N-dealkylation sites (tertiary alicyclic amines) is 1. The molecule has 0 radical (unpaired) electrons. The summed E-state index contributed by atoms with van der Waals surface area (Å²) in [6.45, 7) is 3.51. The van der Waals surface area contributed by atoms with Crippen LogP contribution in [0, 0.1) is 5.92 Å². The molecule has 0 amide bonds. The van der Waals surface area contributed by atoms with Gasteiger partial charge >= 0.3 is 0 Å². The topological polar surface area (TPSA) is 29.3 Å². The zero-order valence-electron chi connectivity index (χ0n) is 10.3. The minimum absolute atomic E-state index is 0.379. The van der Waals surface area contributed by atoms with Gasteiger partial charge in [0.25, 0.3) is 0 Å². The zero-order valence-corrected chi connectivity index (χ0v) is 10.3. The minimum Gasteiger partial charge on any atom is -0.326 e. The molecule has 15 heavy (non-hydrogen) atoms. The first-order valence-corrected chi connectivity index (χ1v) is 6.66. The Hall–Kier alpha value is -0.0800. The highest BCUT2D eigenvalue weighted by Gasteiger charge is 2.46. The quantitative estimate of drug-likeness (QED) is 0.758. The van der Waals surface area contributed by atoms with Crippen LogP contribution in [0.15, 0.2) is 0 Å². The number of nitrogens with two attached hydrogens (primary N) is 1. The maximum absolute atomic E-state index is 6.31. The van der Waals surface area contributed by atoms with Crippen LogP contribution in [0.1, 0.15) is 51.9 Å². The number of hydrogen-bond donors (Lipinski definition) is 1. The summed E-state index contributed by atoms with van der Waals surface area (Å²) in [5.41, 5.74) is 6.69. The summed E-state index contributed by atoms with van der Waals surface area (Å²) in [4.78, 5) is 2.54. The van der Waals surface area contributed by atoms with E-state index in [2.05, 4.69) is 18.9 Å². The molecule has 0 aromatic heterocycles. The van der Waals surface area contributed by atoms with Crippen LogP contribution in [0.2, 0.25) is 0 Å². The third-order valence-electron chi connectivity index (χ3n) is 4.89. The van der Waals surface area contributed by atoms with Gasteiger partial charge in [-0.2, -0.15) is 0 Å². The standard InChI is InChI=1S/C13H26N2/c1-3-4-11-5-8-13(9-6-11)12(14)7-10-15(13)2/h11-12H,3-10,14H2,1-2H3. The lowest BCUT2D eigenvalue weighted by Crippen LogP contribution is -2.54. The van der Waals surface area contributed by atoms with Crippen molar-refractivity contribution >= 4 is 0 Å². The molecule has 2 aliphatic rings. The van der Waals surface area contributed by atoms with Crippen LogP contribution >= 0.6 is 0 Å². The molecule has 1 atom stereocenters. The molecule has 2 rings (SSSR count). The molecule has 0 aromatic rings. The fourth-order valence-electron chi connectivity index (χ4n) is 3.73. The molecule has 1 spiro atoms. The number of nitrogens with zero attached hydrogens (tertiary/aromatic N) is 1. The van der Waals surface area contributed by atoms with Gasteiger partial charge in [-0.15, -0.1) is 0 Å². The van der Waals surface area contributed by atoms with Crippen molar-refractivity contribution in [2.24, 2.45) is 11.7 Å². The Labute approximate surface area is 94.2 Å². The Bertz CT molecular complexity index is 195. The summed E-state index contributed by atoms with van der Waals surface area (Å²) in [5.74, 6) is 0.988. The van der Waals surface area contributed by atoms with Crippen LogP contribution in [0.25, 0.3) is 0 Å². The normalized spacial score (nSPS) is 42.6. The first-order valence-electron chi connectivity index (χ1n) is 6.66. The highest BCUT2D eigenvalue weighted by atomic mass is 15.2. The van der Waals surface area contributed by atoms with Crippen molar-refractivity contribution in [2.75, 3.05) is 13.6 Å². The molecule has 0 bridgehead atoms. The SMILES string of the molecule is CCCC1CCC2(CC1)C(N)CCN2C. The van der Waals surface area contributed by atoms with Gasteiger partial charge in [-0.3, -0.25) is 4.90 Å². The fraction of sp³-hybridized carbons (Fsp3) is 1.00. The molecular formula is C13H26N2. The van der Waals surface area contributed by atoms with Crippen LogP contribution < -0.4 is 5.73 Å². The van der Waals surface area contributed by atoms with E-state index < -0.39 is 0 Å². The molecule has 1 heterocycles. The van der Waals surface area contributed by atoms with E-state index in [1.807, 2.05) is 0 Å². The highest BCUT2D eigenvalue weighted by molar-refractivity contribution is 5.05. The minimum atomic E-state index is 0.379. The van der Waals surface area contributed by atoms with Crippen LogP contribution in [-0.4, -0.2) is 30.1 Å². The average molecular weight is 210 g/mol. The lowest BCUT2D eigenvalue weighted by molar-refractivity contribution is 0.0825. The molecule has 2 fully saturated rings. The molecule has 88 valence electrons. The zero-order chi connectivity index (χ0) is 10.9. The second kappa shape index (κ2) is 4.42. The molecule has 0 aromatic carbocycles. The first kappa shape index (κ1) is 11.4. The van der Waals surface area contributed by atoms with Crippen molar-refractivity contribution in [1.29, 1.82) is 0 Å². The summed E-state index contributed by atoms with van der Waals surface area (Å²) in [5, 5.41) is 0. The predicted octanol–water partition coefficient (Wildman–Crippen LogP) is 2.38. The molecule has 2 N–H and O–H groups in total. The van der Waals surface area contributed by atoms with Gasteiger partial charge in [0.2, 0.25) is 0 Å². The van der Waals surface area contributed by atoms with Crippen LogP contribution in [0.4, 0.5) is 0 Å². The highest BCUT2D eigenvalue weighted by Crippen LogP contribution is 2.42. The lowest BCUT2D eigenvalue weighted by Gasteiger charge is -2.45. The van der Waals surface area contributed by atoms with Crippen LogP contribution in [0.3, 0.4) is 0 Å². The molecule has 1 unspecified atom stereocenters. The van der Waals surface area contributed by atoms with Crippen LogP contribution in [0.5, 0.6) is 0 Å². The van der Waals surface area contributed by atoms with E-state index >= 15 is 0 Å². The maximum atomic E-state index is 6.31. The number of hydrogen-bond acceptors (Lipinski definition) is 2. The van der Waals surface area contributed by atoms with Crippen molar-refractivity contribution in [3.63, 3.8) is 0 Å². The second-order valence-corrected chi connectivity index (χ2v) is 5.65. The van der Waals surface area contributed by atoms with Crippen molar-refractivity contribution in [1.82, 2.24) is 4.90 Å². The average Bonchev–Trinajstić information content (AvgIpc) is 2.51. The smallest absolute Gasteiger partial charge is 0.0358 e. The van der Waals surface area contributed by atoms with E-state index in [9.17, 15) is 0 Å². The van der Waals surface area contributed by atoms with E-state index in [0.29, 0.717) is 11.6 Å². The number of likely N-dealkylation sites (N-methyl/N-ethyl adjacent to an activating group) is 1. The predicted molar refractivity (Wildman–Crippen MR) is 64.8 cm³/mol. The van der Waals surface area contributed by atoms with E-state index in [-0.39, 0.29) is 0 Å². The Morgan fingerprint density at radius 2 is 1.93 bits per heavy atom. The molecular weight excluding hydrogens is 184 g/mol. The molecule has 1 saturated carbocycles. The molecule has 2 heteroatoms. The van der Waals surface area contributed by atoms with E-state index in [4.69, 9.17) is 5.73 Å². The number of rotatable bonds is 2. The molecule has 2 nitrogen and oxygen atoms in total. The van der Waals surface area contributed by atoms with Gasteiger partial charge in [-0.05, 0) is 51.6 Å². The monoisotopic (exact) mass is 210 g/mol. The Morgan fingerprint density at radius 1 is 1.27 bits per heavy atom. The largest absolute Gasteiger partial charge is 0.326 e. The second-order valence-electron chi connectivity index (χ2n) is 5.65. The van der Waals surface area contributed by atoms with Gasteiger partial charge < -0.3 is 5.73 Å². The Balaban J connectivity index is 1.96. The molecule has 1 saturated heterocycles. The summed E-state index contributed by atoms with van der Waals surface area (Å²) < 4.78 is 0. The summed E-state index contributed by atoms with van der Waals surface area (Å²) in [6, 6.07) is 0.435. The van der Waals surface area contributed by atoms with E-state index in [1.54, 1.807) is 0 Å². The Morgan fingerprint density at radius 3 is 2.40 bits per heavy atom. The van der Waals surface area contributed by atoms with Gasteiger partial charge in [0.05, 0.1) is 0 Å². The van der Waals surface area contributed by atoms with Crippen molar-refractivity contribution in [3.05, 3.63) is 0 Å². The maximum Gasteiger partial charge on any atom is 0.0358 e. The third kappa shape index (κ3) is 1.94. The first-order chi connectivity index (χ1) is 7.19. The third-order valence-corrected chi connectivity index (χ3v) is 4.89. The van der Waals surface area contributed by atoms with Crippen molar-refractivity contribution in [3.8, 4) is 0 Å². The van der Waals surface area contributed by atoms with Gasteiger partial charge in [0.15, 0.2) is 0 Å². The van der Waals surface area contributed by atoms with Gasteiger partial charge in [0, 0.05) is 11.6 Å². The van der Waals surface area contributed by atoms with Crippen molar-refractivity contribution < 1.29 is 0 Å². The summed E-state index contributed by atoms with van der Waals surface area (Å²) in [7, 11) is 2.27. The van der Waals surface area contributed by atoms with Crippen molar-refractivity contribution in [2.45, 2.75) is 63.5 Å². The Kier molecular flexibility index (Phi) is 3.36. The van der Waals surface area contributed by atoms with E-state index in [1.165, 1.54) is 51.5 Å². The molecule has 1 aliphatic carbocycles. The summed E-state index contributed by atoms with van der Waals surface area (Å²) >= 11 is 0. The van der Waals surface area contributed by atoms with Gasteiger partial charge in [-0.25, -0.2) is 0 Å². The molecule has 1 aliphatic heterocycles. The lowest BCUT2D eigenvalue weighted by atomic mass is 9.72. The van der Waals surface area contributed by atoms with E-state index in [0.717, 1.165) is 5.92 Å². The summed E-state index contributed by atoms with van der Waals surface area (Å²) in [6.07, 6.45) is 9.48.